The standard InChI is InChI=1S/C31H45NO4/c1-8-9-10-11-12-13-14-19-36-27-25(30(2,3)4)20-23(21-26(27)31(5,6)7)28(33)32-24-17-15-22(16-18-24)29(34)35/h15-18,20-21H,8-14,19H2,1-7H3,(H,32,33)(H,34,35). The van der Waals surface area contributed by atoms with Crippen molar-refractivity contribution in [3.05, 3.63) is 58.7 Å². The van der Waals surface area contributed by atoms with Crippen molar-refractivity contribution in [3.8, 4) is 5.75 Å². The van der Waals surface area contributed by atoms with Gasteiger partial charge in [0.1, 0.15) is 5.75 Å². The molecular weight excluding hydrogens is 450 g/mol. The van der Waals surface area contributed by atoms with Gasteiger partial charge in [-0.05, 0) is 53.6 Å². The van der Waals surface area contributed by atoms with Crippen LogP contribution in [0.3, 0.4) is 0 Å². The molecule has 198 valence electrons. The molecule has 0 unspecified atom stereocenters. The summed E-state index contributed by atoms with van der Waals surface area (Å²) in [6.07, 6.45) is 8.61. The van der Waals surface area contributed by atoms with Crippen molar-refractivity contribution in [3.63, 3.8) is 0 Å². The first-order chi connectivity index (χ1) is 16.8. The Morgan fingerprint density at radius 1 is 0.778 bits per heavy atom. The third kappa shape index (κ3) is 8.69. The van der Waals surface area contributed by atoms with Crippen LogP contribution < -0.4 is 10.1 Å². The van der Waals surface area contributed by atoms with Gasteiger partial charge in [0.25, 0.3) is 5.91 Å². The molecule has 0 saturated heterocycles. The zero-order valence-corrected chi connectivity index (χ0v) is 23.3. The van der Waals surface area contributed by atoms with E-state index >= 15 is 0 Å². The summed E-state index contributed by atoms with van der Waals surface area (Å²) in [4.78, 5) is 24.4. The SMILES string of the molecule is CCCCCCCCCOc1c(C(C)(C)C)cc(C(=O)Nc2ccc(C(=O)O)cc2)cc1C(C)(C)C. The summed E-state index contributed by atoms with van der Waals surface area (Å²) in [6.45, 7) is 15.7. The Morgan fingerprint density at radius 3 is 1.75 bits per heavy atom. The van der Waals surface area contributed by atoms with Gasteiger partial charge in [-0.3, -0.25) is 4.79 Å². The van der Waals surface area contributed by atoms with Crippen LogP contribution in [0.4, 0.5) is 5.69 Å². The van der Waals surface area contributed by atoms with Crippen LogP contribution in [0.2, 0.25) is 0 Å². The summed E-state index contributed by atoms with van der Waals surface area (Å²) in [5.74, 6) is -0.333. The maximum atomic E-state index is 13.2. The molecule has 0 aliphatic rings. The minimum Gasteiger partial charge on any atom is -0.493 e. The van der Waals surface area contributed by atoms with Crippen LogP contribution in [0, 0.1) is 0 Å². The number of nitrogens with one attached hydrogen (secondary N) is 1. The maximum absolute atomic E-state index is 13.2. The lowest BCUT2D eigenvalue weighted by Gasteiger charge is -2.30. The molecule has 0 bridgehead atoms. The number of carbonyl (C=O) groups excluding carboxylic acids is 1. The molecular formula is C31H45NO4. The van der Waals surface area contributed by atoms with Crippen LogP contribution in [0.1, 0.15) is 125 Å². The highest BCUT2D eigenvalue weighted by Crippen LogP contribution is 2.41. The van der Waals surface area contributed by atoms with E-state index < -0.39 is 5.97 Å². The topological polar surface area (TPSA) is 75.6 Å². The van der Waals surface area contributed by atoms with Gasteiger partial charge in [0.05, 0.1) is 12.2 Å². The number of unbranched alkanes of at least 4 members (excludes halogenated alkanes) is 6. The lowest BCUT2D eigenvalue weighted by molar-refractivity contribution is 0.0696. The van der Waals surface area contributed by atoms with E-state index in [0.717, 1.165) is 23.3 Å². The fourth-order valence-electron chi connectivity index (χ4n) is 4.16. The highest BCUT2D eigenvalue weighted by molar-refractivity contribution is 6.05. The molecule has 2 N–H and O–H groups in total. The zero-order valence-electron chi connectivity index (χ0n) is 23.3. The number of carbonyl (C=O) groups is 2. The predicted octanol–water partition coefficient (Wildman–Crippen LogP) is 8.36. The molecule has 2 rings (SSSR count). The molecule has 5 nitrogen and oxygen atoms in total. The Hall–Kier alpha value is -2.82. The van der Waals surface area contributed by atoms with E-state index in [1.165, 1.54) is 50.7 Å². The van der Waals surface area contributed by atoms with Crippen molar-refractivity contribution < 1.29 is 19.4 Å². The van der Waals surface area contributed by atoms with Crippen molar-refractivity contribution in [2.24, 2.45) is 0 Å². The smallest absolute Gasteiger partial charge is 0.335 e. The molecule has 2 aromatic rings. The molecule has 2 aromatic carbocycles. The minimum absolute atomic E-state index is 0.181. The van der Waals surface area contributed by atoms with E-state index in [1.807, 2.05) is 12.1 Å². The summed E-state index contributed by atoms with van der Waals surface area (Å²) < 4.78 is 6.45. The quantitative estimate of drug-likeness (QED) is 0.290. The fraction of sp³-hybridized carbons (Fsp3) is 0.548. The molecule has 0 fully saturated rings. The van der Waals surface area contributed by atoms with Gasteiger partial charge >= 0.3 is 5.97 Å². The molecule has 0 saturated carbocycles. The number of carboxylic acid groups (broad SMARTS) is 1. The van der Waals surface area contributed by atoms with Crippen molar-refractivity contribution in [1.29, 1.82) is 0 Å². The number of amides is 1. The average molecular weight is 496 g/mol. The molecule has 0 aromatic heterocycles. The number of anilines is 1. The highest BCUT2D eigenvalue weighted by atomic mass is 16.5. The molecule has 0 atom stereocenters. The second-order valence-corrected chi connectivity index (χ2v) is 11.7. The number of benzene rings is 2. The van der Waals surface area contributed by atoms with Gasteiger partial charge in [-0.2, -0.15) is 0 Å². The second kappa shape index (κ2) is 12.9. The molecule has 1 amide bonds. The number of aromatic carboxylic acids is 1. The first-order valence-electron chi connectivity index (χ1n) is 13.3. The number of ether oxygens (including phenoxy) is 1. The summed E-state index contributed by atoms with van der Waals surface area (Å²) in [5.41, 5.74) is 2.91. The summed E-state index contributed by atoms with van der Waals surface area (Å²) >= 11 is 0. The van der Waals surface area contributed by atoms with E-state index in [0.29, 0.717) is 17.9 Å². The normalized spacial score (nSPS) is 11.9. The minimum atomic E-state index is -0.996. The van der Waals surface area contributed by atoms with Gasteiger partial charge in [0, 0.05) is 22.4 Å². The van der Waals surface area contributed by atoms with E-state index in [4.69, 9.17) is 9.84 Å². The van der Waals surface area contributed by atoms with Gasteiger partial charge in [-0.15, -0.1) is 0 Å². The van der Waals surface area contributed by atoms with E-state index in [-0.39, 0.29) is 22.3 Å². The van der Waals surface area contributed by atoms with Gasteiger partial charge < -0.3 is 15.2 Å². The van der Waals surface area contributed by atoms with Gasteiger partial charge in [0.2, 0.25) is 0 Å². The maximum Gasteiger partial charge on any atom is 0.335 e. The second-order valence-electron chi connectivity index (χ2n) is 11.7. The van der Waals surface area contributed by atoms with E-state index in [1.54, 1.807) is 12.1 Å². The summed E-state index contributed by atoms with van der Waals surface area (Å²) in [6, 6.07) is 10.1. The first-order valence-corrected chi connectivity index (χ1v) is 13.3. The summed E-state index contributed by atoms with van der Waals surface area (Å²) in [7, 11) is 0. The van der Waals surface area contributed by atoms with Gasteiger partial charge in [-0.1, -0.05) is 87.0 Å². The molecule has 5 heteroatoms. The summed E-state index contributed by atoms with van der Waals surface area (Å²) in [5, 5.41) is 12.0. The number of hydrogen-bond donors (Lipinski definition) is 2. The lowest BCUT2D eigenvalue weighted by atomic mass is 9.78. The molecule has 0 radical (unpaired) electrons. The van der Waals surface area contributed by atoms with Crippen LogP contribution in [0.25, 0.3) is 0 Å². The Labute approximate surface area is 217 Å². The molecule has 0 spiro atoms. The van der Waals surface area contributed by atoms with Gasteiger partial charge in [0.15, 0.2) is 0 Å². The Kier molecular flexibility index (Phi) is 10.6. The number of carboxylic acids is 1. The van der Waals surface area contributed by atoms with Crippen molar-refractivity contribution >= 4 is 17.6 Å². The molecule has 0 heterocycles. The molecule has 36 heavy (non-hydrogen) atoms. The van der Waals surface area contributed by atoms with E-state index in [9.17, 15) is 9.59 Å². The fourth-order valence-corrected chi connectivity index (χ4v) is 4.16. The Balaban J connectivity index is 2.27. The van der Waals surface area contributed by atoms with Crippen molar-refractivity contribution in [2.75, 3.05) is 11.9 Å². The van der Waals surface area contributed by atoms with Crippen LogP contribution in [-0.4, -0.2) is 23.6 Å². The number of hydrogen-bond acceptors (Lipinski definition) is 3. The predicted molar refractivity (Wildman–Crippen MR) is 149 cm³/mol. The van der Waals surface area contributed by atoms with Crippen molar-refractivity contribution in [1.82, 2.24) is 0 Å². The monoisotopic (exact) mass is 495 g/mol. The van der Waals surface area contributed by atoms with E-state index in [2.05, 4.69) is 53.8 Å². The largest absolute Gasteiger partial charge is 0.493 e. The third-order valence-electron chi connectivity index (χ3n) is 6.35. The molecule has 0 aliphatic carbocycles. The Bertz CT molecular complexity index is 975. The van der Waals surface area contributed by atoms with Crippen molar-refractivity contribution in [2.45, 2.75) is 104 Å². The zero-order chi connectivity index (χ0) is 26.9. The molecule has 0 aliphatic heterocycles. The highest BCUT2D eigenvalue weighted by Gasteiger charge is 2.29. The third-order valence-corrected chi connectivity index (χ3v) is 6.35. The lowest BCUT2D eigenvalue weighted by Crippen LogP contribution is -2.23. The van der Waals surface area contributed by atoms with Crippen LogP contribution in [0.5, 0.6) is 5.75 Å². The van der Waals surface area contributed by atoms with Crippen LogP contribution >= 0.6 is 0 Å². The Morgan fingerprint density at radius 2 is 1.28 bits per heavy atom. The average Bonchev–Trinajstić information content (AvgIpc) is 2.79. The van der Waals surface area contributed by atoms with Gasteiger partial charge in [-0.25, -0.2) is 4.79 Å². The first kappa shape index (κ1) is 29.4. The number of rotatable bonds is 12. The van der Waals surface area contributed by atoms with Crippen LogP contribution in [0.15, 0.2) is 36.4 Å². The van der Waals surface area contributed by atoms with Crippen LogP contribution in [-0.2, 0) is 10.8 Å².